The number of hydrogen-bond acceptors (Lipinski definition) is 2. The standard InChI is InChI=1S/C16H14FNO3/c17-14-10-12(7-8-13(14)16(20)21)18-15(19)9-6-11-4-2-1-3-5-11/h1-5,7-8,10H,6,9H2,(H,18,19)(H,20,21). The lowest BCUT2D eigenvalue weighted by Crippen LogP contribution is -2.13. The maximum atomic E-state index is 13.5. The summed E-state index contributed by atoms with van der Waals surface area (Å²) in [5.74, 6) is -2.46. The smallest absolute Gasteiger partial charge is 0.338 e. The lowest BCUT2D eigenvalue weighted by molar-refractivity contribution is -0.116. The van der Waals surface area contributed by atoms with Gasteiger partial charge >= 0.3 is 5.97 Å². The van der Waals surface area contributed by atoms with E-state index >= 15 is 0 Å². The molecule has 21 heavy (non-hydrogen) atoms. The van der Waals surface area contributed by atoms with E-state index in [1.54, 1.807) is 0 Å². The number of nitrogens with one attached hydrogen (secondary N) is 1. The first-order valence-corrected chi connectivity index (χ1v) is 6.43. The van der Waals surface area contributed by atoms with Crippen molar-refractivity contribution in [1.82, 2.24) is 0 Å². The van der Waals surface area contributed by atoms with Crippen LogP contribution in [0, 0.1) is 5.82 Å². The number of benzene rings is 2. The predicted molar refractivity (Wildman–Crippen MR) is 76.8 cm³/mol. The Morgan fingerprint density at radius 2 is 1.81 bits per heavy atom. The van der Waals surface area contributed by atoms with Crippen molar-refractivity contribution in [2.45, 2.75) is 12.8 Å². The highest BCUT2D eigenvalue weighted by molar-refractivity contribution is 5.92. The molecule has 108 valence electrons. The minimum atomic E-state index is -1.34. The van der Waals surface area contributed by atoms with Gasteiger partial charge in [-0.05, 0) is 30.2 Å². The number of carboxylic acid groups (broad SMARTS) is 1. The molecule has 0 aliphatic heterocycles. The van der Waals surface area contributed by atoms with Gasteiger partial charge in [0.2, 0.25) is 5.91 Å². The van der Waals surface area contributed by atoms with E-state index in [9.17, 15) is 14.0 Å². The molecule has 0 unspecified atom stereocenters. The number of anilines is 1. The van der Waals surface area contributed by atoms with Gasteiger partial charge in [0.1, 0.15) is 5.82 Å². The van der Waals surface area contributed by atoms with Gasteiger partial charge < -0.3 is 10.4 Å². The Kier molecular flexibility index (Phi) is 4.66. The monoisotopic (exact) mass is 287 g/mol. The van der Waals surface area contributed by atoms with E-state index in [4.69, 9.17) is 5.11 Å². The number of halogens is 1. The van der Waals surface area contributed by atoms with Crippen molar-refractivity contribution in [2.24, 2.45) is 0 Å². The molecule has 0 atom stereocenters. The number of aryl methyl sites for hydroxylation is 1. The van der Waals surface area contributed by atoms with E-state index in [1.807, 2.05) is 30.3 Å². The van der Waals surface area contributed by atoms with Crippen LogP contribution in [0.1, 0.15) is 22.3 Å². The minimum Gasteiger partial charge on any atom is -0.478 e. The molecule has 0 aromatic heterocycles. The van der Waals surface area contributed by atoms with Gasteiger partial charge in [0.05, 0.1) is 5.56 Å². The van der Waals surface area contributed by atoms with Crippen molar-refractivity contribution in [1.29, 1.82) is 0 Å². The van der Waals surface area contributed by atoms with Gasteiger partial charge in [-0.2, -0.15) is 0 Å². The van der Waals surface area contributed by atoms with Gasteiger partial charge in [-0.25, -0.2) is 9.18 Å². The fourth-order valence-corrected chi connectivity index (χ4v) is 1.89. The van der Waals surface area contributed by atoms with Crippen LogP contribution in [0.3, 0.4) is 0 Å². The number of rotatable bonds is 5. The molecule has 0 fully saturated rings. The molecular weight excluding hydrogens is 273 g/mol. The van der Waals surface area contributed by atoms with Crippen LogP contribution in [-0.2, 0) is 11.2 Å². The fourth-order valence-electron chi connectivity index (χ4n) is 1.89. The van der Waals surface area contributed by atoms with Crippen molar-refractivity contribution in [3.63, 3.8) is 0 Å². The Balaban J connectivity index is 1.94. The number of amides is 1. The van der Waals surface area contributed by atoms with Gasteiger partial charge in [0.15, 0.2) is 0 Å². The summed E-state index contributed by atoms with van der Waals surface area (Å²) in [6.45, 7) is 0. The second kappa shape index (κ2) is 6.65. The Morgan fingerprint density at radius 1 is 1.10 bits per heavy atom. The van der Waals surface area contributed by atoms with E-state index in [0.29, 0.717) is 6.42 Å². The van der Waals surface area contributed by atoms with Gasteiger partial charge in [-0.1, -0.05) is 30.3 Å². The molecule has 0 radical (unpaired) electrons. The number of hydrogen-bond donors (Lipinski definition) is 2. The van der Waals surface area contributed by atoms with E-state index in [2.05, 4.69) is 5.32 Å². The van der Waals surface area contributed by atoms with Crippen molar-refractivity contribution < 1.29 is 19.1 Å². The summed E-state index contributed by atoms with van der Waals surface area (Å²) >= 11 is 0. The second-order valence-corrected chi connectivity index (χ2v) is 4.53. The zero-order chi connectivity index (χ0) is 15.2. The van der Waals surface area contributed by atoms with Crippen LogP contribution in [0.25, 0.3) is 0 Å². The molecule has 0 aliphatic carbocycles. The average Bonchev–Trinajstić information content (AvgIpc) is 2.46. The van der Waals surface area contributed by atoms with Gasteiger partial charge in [0, 0.05) is 12.1 Å². The topological polar surface area (TPSA) is 66.4 Å². The summed E-state index contributed by atoms with van der Waals surface area (Å²) in [4.78, 5) is 22.5. The second-order valence-electron chi connectivity index (χ2n) is 4.53. The van der Waals surface area contributed by atoms with Crippen LogP contribution in [0.5, 0.6) is 0 Å². The lowest BCUT2D eigenvalue weighted by atomic mass is 10.1. The van der Waals surface area contributed by atoms with E-state index < -0.39 is 17.3 Å². The summed E-state index contributed by atoms with van der Waals surface area (Å²) in [6.07, 6.45) is 0.856. The molecule has 0 saturated carbocycles. The lowest BCUT2D eigenvalue weighted by Gasteiger charge is -2.06. The first-order valence-electron chi connectivity index (χ1n) is 6.43. The maximum absolute atomic E-state index is 13.5. The summed E-state index contributed by atoms with van der Waals surface area (Å²) in [5.41, 5.74) is 0.868. The van der Waals surface area contributed by atoms with E-state index in [0.717, 1.165) is 17.7 Å². The molecule has 2 rings (SSSR count). The van der Waals surface area contributed by atoms with Gasteiger partial charge in [-0.3, -0.25) is 4.79 Å². The molecule has 0 bridgehead atoms. The van der Waals surface area contributed by atoms with Crippen LogP contribution in [0.2, 0.25) is 0 Å². The zero-order valence-electron chi connectivity index (χ0n) is 11.2. The highest BCUT2D eigenvalue weighted by Gasteiger charge is 2.11. The summed E-state index contributed by atoms with van der Waals surface area (Å²) in [7, 11) is 0. The first-order chi connectivity index (χ1) is 10.1. The Morgan fingerprint density at radius 3 is 2.43 bits per heavy atom. The van der Waals surface area contributed by atoms with Crippen LogP contribution in [-0.4, -0.2) is 17.0 Å². The molecule has 4 nitrogen and oxygen atoms in total. The fraction of sp³-hybridized carbons (Fsp3) is 0.125. The molecular formula is C16H14FNO3. The van der Waals surface area contributed by atoms with Crippen LogP contribution in [0.4, 0.5) is 10.1 Å². The van der Waals surface area contributed by atoms with Crippen LogP contribution in [0.15, 0.2) is 48.5 Å². The Labute approximate surface area is 121 Å². The largest absolute Gasteiger partial charge is 0.478 e. The maximum Gasteiger partial charge on any atom is 0.338 e. The Bertz CT molecular complexity index is 656. The summed E-state index contributed by atoms with van der Waals surface area (Å²) < 4.78 is 13.5. The summed E-state index contributed by atoms with van der Waals surface area (Å²) in [5, 5.41) is 11.3. The summed E-state index contributed by atoms with van der Waals surface area (Å²) in [6, 6.07) is 13.0. The highest BCUT2D eigenvalue weighted by atomic mass is 19.1. The SMILES string of the molecule is O=C(CCc1ccccc1)Nc1ccc(C(=O)O)c(F)c1. The molecule has 2 aromatic carbocycles. The predicted octanol–water partition coefficient (Wildman–Crippen LogP) is 3.10. The molecule has 5 heteroatoms. The van der Waals surface area contributed by atoms with E-state index in [-0.39, 0.29) is 18.0 Å². The van der Waals surface area contributed by atoms with Crippen molar-refractivity contribution in [3.05, 3.63) is 65.5 Å². The molecule has 0 aliphatic rings. The van der Waals surface area contributed by atoms with Crippen molar-refractivity contribution in [2.75, 3.05) is 5.32 Å². The van der Waals surface area contributed by atoms with Gasteiger partial charge in [0.25, 0.3) is 0 Å². The van der Waals surface area contributed by atoms with E-state index in [1.165, 1.54) is 6.07 Å². The molecule has 2 N–H and O–H groups in total. The quantitative estimate of drug-likeness (QED) is 0.888. The normalized spacial score (nSPS) is 10.1. The number of aromatic carboxylic acids is 1. The molecule has 0 heterocycles. The van der Waals surface area contributed by atoms with Gasteiger partial charge in [-0.15, -0.1) is 0 Å². The minimum absolute atomic E-state index is 0.246. The third-order valence-corrected chi connectivity index (χ3v) is 2.97. The highest BCUT2D eigenvalue weighted by Crippen LogP contribution is 2.15. The first kappa shape index (κ1) is 14.7. The Hall–Kier alpha value is -2.69. The molecule has 0 spiro atoms. The third-order valence-electron chi connectivity index (χ3n) is 2.97. The number of carbonyl (C=O) groups excluding carboxylic acids is 1. The number of carbonyl (C=O) groups is 2. The molecule has 1 amide bonds. The average molecular weight is 287 g/mol. The number of carboxylic acids is 1. The van der Waals surface area contributed by atoms with Crippen molar-refractivity contribution in [3.8, 4) is 0 Å². The van der Waals surface area contributed by atoms with Crippen LogP contribution < -0.4 is 5.32 Å². The zero-order valence-corrected chi connectivity index (χ0v) is 11.2. The molecule has 0 saturated heterocycles. The third kappa shape index (κ3) is 4.14. The van der Waals surface area contributed by atoms with Crippen LogP contribution >= 0.6 is 0 Å². The molecule has 2 aromatic rings. The van der Waals surface area contributed by atoms with Crippen molar-refractivity contribution >= 4 is 17.6 Å².